The molecule has 4 nitrogen and oxygen atoms in total. The summed E-state index contributed by atoms with van der Waals surface area (Å²) in [7, 11) is 0. The van der Waals surface area contributed by atoms with E-state index in [2.05, 4.69) is 43.4 Å². The number of nitrogens with zero attached hydrogens (tertiary/aromatic N) is 1. The molecule has 1 aliphatic heterocycles. The number of hydrogen-bond donors (Lipinski definition) is 0. The summed E-state index contributed by atoms with van der Waals surface area (Å²) in [6, 6.07) is 7.99. The molecule has 0 amide bonds. The van der Waals surface area contributed by atoms with Gasteiger partial charge in [0.2, 0.25) is 0 Å². The zero-order chi connectivity index (χ0) is 20.5. The molecule has 0 spiro atoms. The van der Waals surface area contributed by atoms with Gasteiger partial charge in [-0.1, -0.05) is 45.4 Å². The first-order valence-electron chi connectivity index (χ1n) is 9.97. The number of benzene rings is 1. The largest absolute Gasteiger partial charge is 0.465 e. The third kappa shape index (κ3) is 4.24. The molecule has 2 aliphatic rings. The number of halogens is 1. The molecule has 1 heterocycles. The minimum atomic E-state index is -0.545. The van der Waals surface area contributed by atoms with Crippen LogP contribution in [-0.2, 0) is 14.3 Å². The number of esters is 1. The van der Waals surface area contributed by atoms with Gasteiger partial charge >= 0.3 is 5.97 Å². The van der Waals surface area contributed by atoms with Crippen molar-refractivity contribution in [3.63, 3.8) is 0 Å². The maximum absolute atomic E-state index is 13.2. The zero-order valence-electron chi connectivity index (χ0n) is 17.0. The van der Waals surface area contributed by atoms with E-state index in [1.807, 2.05) is 31.2 Å². The Balaban J connectivity index is 2.10. The first-order chi connectivity index (χ1) is 13.2. The van der Waals surface area contributed by atoms with Crippen molar-refractivity contribution < 1.29 is 14.3 Å². The smallest absolute Gasteiger partial charge is 0.315 e. The SMILES string of the molecule is CCCCOC(=O)C1C(C)=NC2=C(C(=O)CC(C)(C)C2)[C@H]1c1ccccc1I. The molecule has 3 rings (SSSR count). The van der Waals surface area contributed by atoms with E-state index in [1.165, 1.54) is 0 Å². The van der Waals surface area contributed by atoms with Crippen LogP contribution in [0.2, 0.25) is 0 Å². The summed E-state index contributed by atoms with van der Waals surface area (Å²) >= 11 is 2.29. The second-order valence-corrected chi connectivity index (χ2v) is 9.71. The number of ether oxygens (including phenoxy) is 1. The minimum Gasteiger partial charge on any atom is -0.465 e. The molecule has 0 bridgehead atoms. The lowest BCUT2D eigenvalue weighted by Crippen LogP contribution is -2.39. The van der Waals surface area contributed by atoms with Gasteiger partial charge in [0.1, 0.15) is 5.92 Å². The fraction of sp³-hybridized carbons (Fsp3) is 0.522. The van der Waals surface area contributed by atoms with E-state index in [1.54, 1.807) is 0 Å². The second kappa shape index (κ2) is 8.47. The summed E-state index contributed by atoms with van der Waals surface area (Å²) in [6.07, 6.45) is 3.04. The van der Waals surface area contributed by atoms with Crippen molar-refractivity contribution in [2.24, 2.45) is 16.3 Å². The van der Waals surface area contributed by atoms with Crippen LogP contribution in [0.15, 0.2) is 40.5 Å². The van der Waals surface area contributed by atoms with Gasteiger partial charge in [-0.2, -0.15) is 0 Å². The topological polar surface area (TPSA) is 55.7 Å². The number of aliphatic imine (C=N–C) groups is 1. The van der Waals surface area contributed by atoms with E-state index < -0.39 is 5.92 Å². The van der Waals surface area contributed by atoms with Crippen LogP contribution in [0.4, 0.5) is 0 Å². The number of Topliss-reactive ketones (excluding diaryl/α,β-unsaturated/α-hetero) is 1. The van der Waals surface area contributed by atoms with Gasteiger partial charge in [-0.15, -0.1) is 0 Å². The lowest BCUT2D eigenvalue weighted by Gasteiger charge is -2.39. The molecule has 0 radical (unpaired) electrons. The van der Waals surface area contributed by atoms with Crippen LogP contribution in [0.1, 0.15) is 64.9 Å². The molecule has 1 aromatic carbocycles. The molecule has 150 valence electrons. The third-order valence-corrected chi connectivity index (χ3v) is 6.52. The van der Waals surface area contributed by atoms with E-state index in [4.69, 9.17) is 9.73 Å². The number of carbonyl (C=O) groups excluding carboxylic acids is 2. The fourth-order valence-corrected chi connectivity index (χ4v) is 4.94. The molecule has 2 atom stereocenters. The second-order valence-electron chi connectivity index (χ2n) is 8.55. The molecule has 0 aromatic heterocycles. The lowest BCUT2D eigenvalue weighted by atomic mass is 9.67. The molecule has 0 saturated carbocycles. The standard InChI is InChI=1S/C23H28INO3/c1-5-6-11-28-22(27)19-14(2)25-17-12-23(3,4)13-18(26)21(17)20(19)15-9-7-8-10-16(15)24/h7-10,19-20H,5-6,11-13H2,1-4H3/t19?,20-/m0/s1. The van der Waals surface area contributed by atoms with Crippen LogP contribution in [-0.4, -0.2) is 24.1 Å². The van der Waals surface area contributed by atoms with Crippen molar-refractivity contribution in [1.29, 1.82) is 0 Å². The Morgan fingerprint density at radius 3 is 2.68 bits per heavy atom. The van der Waals surface area contributed by atoms with Gasteiger partial charge in [0, 0.05) is 32.9 Å². The average Bonchev–Trinajstić information content (AvgIpc) is 2.60. The van der Waals surface area contributed by atoms with Crippen molar-refractivity contribution in [2.45, 2.75) is 59.3 Å². The summed E-state index contributed by atoms with van der Waals surface area (Å²) in [5.74, 6) is -1.03. The Morgan fingerprint density at radius 2 is 2.00 bits per heavy atom. The highest BCUT2D eigenvalue weighted by Crippen LogP contribution is 2.48. The highest BCUT2D eigenvalue weighted by molar-refractivity contribution is 14.1. The van der Waals surface area contributed by atoms with E-state index in [0.717, 1.165) is 39.8 Å². The minimum absolute atomic E-state index is 0.109. The first-order valence-corrected chi connectivity index (χ1v) is 11.1. The van der Waals surface area contributed by atoms with Crippen LogP contribution >= 0.6 is 22.6 Å². The summed E-state index contributed by atoms with van der Waals surface area (Å²) in [5.41, 5.74) is 3.21. The van der Waals surface area contributed by atoms with E-state index >= 15 is 0 Å². The molecule has 0 N–H and O–H groups in total. The molecule has 28 heavy (non-hydrogen) atoms. The maximum Gasteiger partial charge on any atom is 0.315 e. The van der Waals surface area contributed by atoms with Crippen LogP contribution in [0.3, 0.4) is 0 Å². The summed E-state index contributed by atoms with van der Waals surface area (Å²) < 4.78 is 6.64. The molecule has 1 aromatic rings. The molecule has 5 heteroatoms. The zero-order valence-corrected chi connectivity index (χ0v) is 19.2. The maximum atomic E-state index is 13.2. The van der Waals surface area contributed by atoms with Gasteiger partial charge < -0.3 is 4.74 Å². The highest BCUT2D eigenvalue weighted by Gasteiger charge is 2.46. The summed E-state index contributed by atoms with van der Waals surface area (Å²) in [6.45, 7) is 8.57. The van der Waals surface area contributed by atoms with Crippen LogP contribution in [0.25, 0.3) is 0 Å². The van der Waals surface area contributed by atoms with Gasteiger partial charge in [0.05, 0.1) is 6.61 Å². The predicted molar refractivity (Wildman–Crippen MR) is 119 cm³/mol. The molecule has 0 fully saturated rings. The van der Waals surface area contributed by atoms with Crippen molar-refractivity contribution in [2.75, 3.05) is 6.61 Å². The Labute approximate surface area is 181 Å². The van der Waals surface area contributed by atoms with Crippen LogP contribution in [0.5, 0.6) is 0 Å². The molecular formula is C23H28INO3. The van der Waals surface area contributed by atoms with Crippen LogP contribution < -0.4 is 0 Å². The van der Waals surface area contributed by atoms with Crippen molar-refractivity contribution in [1.82, 2.24) is 0 Å². The Morgan fingerprint density at radius 1 is 1.29 bits per heavy atom. The van der Waals surface area contributed by atoms with Gasteiger partial charge in [0.25, 0.3) is 0 Å². The number of carbonyl (C=O) groups is 2. The van der Waals surface area contributed by atoms with E-state index in [0.29, 0.717) is 18.6 Å². The molecule has 0 saturated heterocycles. The number of unbranched alkanes of at least 4 members (excludes halogenated alkanes) is 1. The van der Waals surface area contributed by atoms with Gasteiger partial charge in [-0.25, -0.2) is 0 Å². The fourth-order valence-electron chi connectivity index (χ4n) is 4.22. The van der Waals surface area contributed by atoms with Gasteiger partial charge in [-0.3, -0.25) is 14.6 Å². The molecular weight excluding hydrogens is 465 g/mol. The summed E-state index contributed by atoms with van der Waals surface area (Å²) in [5, 5.41) is 0. The van der Waals surface area contributed by atoms with Gasteiger partial charge in [0.15, 0.2) is 5.78 Å². The van der Waals surface area contributed by atoms with Crippen molar-refractivity contribution in [3.8, 4) is 0 Å². The lowest BCUT2D eigenvalue weighted by molar-refractivity contribution is -0.146. The van der Waals surface area contributed by atoms with E-state index in [-0.39, 0.29) is 23.1 Å². The quantitative estimate of drug-likeness (QED) is 0.311. The Kier molecular flexibility index (Phi) is 6.42. The number of allylic oxidation sites excluding steroid dienone is 2. The highest BCUT2D eigenvalue weighted by atomic mass is 127. The van der Waals surface area contributed by atoms with Crippen molar-refractivity contribution in [3.05, 3.63) is 44.7 Å². The Hall–Kier alpha value is -1.50. The third-order valence-electron chi connectivity index (χ3n) is 5.54. The normalized spacial score (nSPS) is 23.9. The number of rotatable bonds is 5. The average molecular weight is 493 g/mol. The number of hydrogen-bond acceptors (Lipinski definition) is 4. The van der Waals surface area contributed by atoms with E-state index in [9.17, 15) is 9.59 Å². The van der Waals surface area contributed by atoms with Crippen molar-refractivity contribution >= 4 is 40.1 Å². The molecule has 1 unspecified atom stereocenters. The monoisotopic (exact) mass is 493 g/mol. The van der Waals surface area contributed by atoms with Gasteiger partial charge in [-0.05, 0) is 59.4 Å². The predicted octanol–water partition coefficient (Wildman–Crippen LogP) is 5.45. The van der Waals surface area contributed by atoms with Crippen LogP contribution in [0, 0.1) is 14.9 Å². The molecule has 1 aliphatic carbocycles. The first kappa shape index (κ1) is 21.2. The summed E-state index contributed by atoms with van der Waals surface area (Å²) in [4.78, 5) is 31.0. The Bertz CT molecular complexity index is 853. The number of ketones is 1.